The highest BCUT2D eigenvalue weighted by atomic mass is 16.5. The molecule has 3 N–H and O–H groups in total. The van der Waals surface area contributed by atoms with E-state index in [1.165, 1.54) is 0 Å². The Morgan fingerprint density at radius 2 is 1.38 bits per heavy atom. The van der Waals surface area contributed by atoms with Gasteiger partial charge in [0.2, 0.25) is 0 Å². The molecule has 6 nitrogen and oxygen atoms in total. The van der Waals surface area contributed by atoms with Gasteiger partial charge in [0.25, 0.3) is 0 Å². The van der Waals surface area contributed by atoms with Gasteiger partial charge in [0.1, 0.15) is 18.1 Å². The molecule has 128 valence electrons. The van der Waals surface area contributed by atoms with Crippen LogP contribution in [-0.4, -0.2) is 32.8 Å². The summed E-state index contributed by atoms with van der Waals surface area (Å²) < 4.78 is 11.0. The molecule has 0 heterocycles. The summed E-state index contributed by atoms with van der Waals surface area (Å²) in [6.45, 7) is 5.42. The molecule has 0 saturated carbocycles. The predicted molar refractivity (Wildman–Crippen MR) is 95.6 cm³/mol. The molecule has 0 bridgehead atoms. The minimum absolute atomic E-state index is 0.604. The van der Waals surface area contributed by atoms with Crippen LogP contribution in [0, 0.1) is 0 Å². The monoisotopic (exact) mass is 328 g/mol. The maximum Gasteiger partial charge on any atom is 0.119 e. The maximum atomic E-state index is 5.62. The molecule has 0 amide bonds. The molecule has 0 unspecified atom stereocenters. The first-order valence-corrected chi connectivity index (χ1v) is 8.10. The fourth-order valence-corrected chi connectivity index (χ4v) is 1.97. The van der Waals surface area contributed by atoms with Gasteiger partial charge in [-0.05, 0) is 55.5 Å². The zero-order valence-electron chi connectivity index (χ0n) is 13.9. The van der Waals surface area contributed by atoms with E-state index in [-0.39, 0.29) is 0 Å². The van der Waals surface area contributed by atoms with Crippen molar-refractivity contribution in [1.82, 2.24) is 5.32 Å². The fourth-order valence-electron chi connectivity index (χ4n) is 1.97. The quantitative estimate of drug-likeness (QED) is 0.517. The van der Waals surface area contributed by atoms with Crippen molar-refractivity contribution in [3.63, 3.8) is 0 Å². The van der Waals surface area contributed by atoms with Crippen molar-refractivity contribution in [2.75, 3.05) is 32.8 Å². The van der Waals surface area contributed by atoms with Gasteiger partial charge in [-0.15, -0.1) is 0 Å². The second kappa shape index (κ2) is 10.4. The van der Waals surface area contributed by atoms with Crippen LogP contribution in [0.5, 0.6) is 11.5 Å². The van der Waals surface area contributed by atoms with Gasteiger partial charge in [0, 0.05) is 19.6 Å². The van der Waals surface area contributed by atoms with Gasteiger partial charge in [-0.25, -0.2) is 0 Å². The number of ether oxygens (including phenoxy) is 2. The van der Waals surface area contributed by atoms with Gasteiger partial charge in [-0.2, -0.15) is 10.2 Å². The molecular formula is C18H24N4O2. The summed E-state index contributed by atoms with van der Waals surface area (Å²) in [4.78, 5) is 0. The van der Waals surface area contributed by atoms with E-state index >= 15 is 0 Å². The smallest absolute Gasteiger partial charge is 0.119 e. The summed E-state index contributed by atoms with van der Waals surface area (Å²) in [6.07, 6.45) is 0. The van der Waals surface area contributed by atoms with E-state index in [2.05, 4.69) is 15.5 Å². The molecule has 0 fully saturated rings. The average Bonchev–Trinajstić information content (AvgIpc) is 2.62. The van der Waals surface area contributed by atoms with E-state index in [0.717, 1.165) is 36.0 Å². The van der Waals surface area contributed by atoms with Gasteiger partial charge in [-0.1, -0.05) is 0 Å². The number of azo groups is 1. The van der Waals surface area contributed by atoms with E-state index in [9.17, 15) is 0 Å². The number of hydrogen-bond acceptors (Lipinski definition) is 6. The molecule has 2 rings (SSSR count). The van der Waals surface area contributed by atoms with E-state index < -0.39 is 0 Å². The van der Waals surface area contributed by atoms with E-state index in [0.29, 0.717) is 19.8 Å². The van der Waals surface area contributed by atoms with Crippen LogP contribution in [0.4, 0.5) is 11.4 Å². The van der Waals surface area contributed by atoms with Crippen molar-refractivity contribution in [3.05, 3.63) is 48.5 Å². The summed E-state index contributed by atoms with van der Waals surface area (Å²) in [6, 6.07) is 15.0. The first-order chi connectivity index (χ1) is 11.8. The van der Waals surface area contributed by atoms with E-state index in [1.54, 1.807) is 0 Å². The Morgan fingerprint density at radius 3 is 1.88 bits per heavy atom. The zero-order valence-corrected chi connectivity index (χ0v) is 13.9. The second-order valence-corrected chi connectivity index (χ2v) is 5.01. The highest BCUT2D eigenvalue weighted by molar-refractivity contribution is 5.44. The molecule has 0 aromatic heterocycles. The third-order valence-corrected chi connectivity index (χ3v) is 3.13. The highest BCUT2D eigenvalue weighted by Crippen LogP contribution is 2.23. The number of nitrogens with one attached hydrogen (secondary N) is 1. The molecule has 0 radical (unpaired) electrons. The molecular weight excluding hydrogens is 304 g/mol. The SMILES string of the molecule is CCOc1ccc(N=Nc2ccc(OCCNCCN)cc2)cc1. The lowest BCUT2D eigenvalue weighted by atomic mass is 10.3. The lowest BCUT2D eigenvalue weighted by molar-refractivity contribution is 0.315. The van der Waals surface area contributed by atoms with Crippen molar-refractivity contribution in [2.45, 2.75) is 6.92 Å². The average molecular weight is 328 g/mol. The van der Waals surface area contributed by atoms with Gasteiger partial charge >= 0.3 is 0 Å². The Balaban J connectivity index is 1.82. The normalized spacial score (nSPS) is 10.9. The number of rotatable bonds is 10. The number of nitrogens with two attached hydrogens (primary N) is 1. The number of benzene rings is 2. The minimum atomic E-state index is 0.604. The van der Waals surface area contributed by atoms with Crippen molar-refractivity contribution in [3.8, 4) is 11.5 Å². The standard InChI is InChI=1S/C18H24N4O2/c1-2-23-17-7-3-15(4-8-17)21-22-16-5-9-18(10-6-16)24-14-13-20-12-11-19/h3-10,20H,2,11-14,19H2,1H3. The molecule has 0 atom stereocenters. The van der Waals surface area contributed by atoms with Gasteiger partial charge < -0.3 is 20.5 Å². The fraction of sp³-hybridized carbons (Fsp3) is 0.333. The van der Waals surface area contributed by atoms with E-state index in [4.69, 9.17) is 15.2 Å². The molecule has 24 heavy (non-hydrogen) atoms. The largest absolute Gasteiger partial charge is 0.494 e. The Bertz CT molecular complexity index is 612. The Hall–Kier alpha value is -2.44. The molecule has 0 aliphatic heterocycles. The van der Waals surface area contributed by atoms with Crippen LogP contribution in [0.15, 0.2) is 58.8 Å². The molecule has 2 aromatic rings. The lowest BCUT2D eigenvalue weighted by Gasteiger charge is -2.06. The van der Waals surface area contributed by atoms with Crippen molar-refractivity contribution >= 4 is 11.4 Å². The first kappa shape index (κ1) is 17.9. The molecule has 0 aliphatic carbocycles. The lowest BCUT2D eigenvalue weighted by Crippen LogP contribution is -2.26. The second-order valence-electron chi connectivity index (χ2n) is 5.01. The van der Waals surface area contributed by atoms with E-state index in [1.807, 2.05) is 55.5 Å². The maximum absolute atomic E-state index is 5.62. The summed E-state index contributed by atoms with van der Waals surface area (Å²) in [5.74, 6) is 1.64. The van der Waals surface area contributed by atoms with Crippen molar-refractivity contribution in [1.29, 1.82) is 0 Å². The molecule has 6 heteroatoms. The van der Waals surface area contributed by atoms with Gasteiger partial charge in [0.05, 0.1) is 18.0 Å². The molecule has 0 spiro atoms. The van der Waals surface area contributed by atoms with Crippen LogP contribution in [0.3, 0.4) is 0 Å². The van der Waals surface area contributed by atoms with Crippen molar-refractivity contribution < 1.29 is 9.47 Å². The van der Waals surface area contributed by atoms with Crippen LogP contribution in [-0.2, 0) is 0 Å². The third kappa shape index (κ3) is 6.36. The first-order valence-electron chi connectivity index (χ1n) is 8.10. The predicted octanol–water partition coefficient (Wildman–Crippen LogP) is 3.43. The van der Waals surface area contributed by atoms with Crippen LogP contribution in [0.2, 0.25) is 0 Å². The summed E-state index contributed by atoms with van der Waals surface area (Å²) in [5, 5.41) is 11.6. The molecule has 0 aliphatic rings. The summed E-state index contributed by atoms with van der Waals surface area (Å²) in [7, 11) is 0. The van der Waals surface area contributed by atoms with Crippen LogP contribution in [0.1, 0.15) is 6.92 Å². The molecule has 2 aromatic carbocycles. The summed E-state index contributed by atoms with van der Waals surface area (Å²) in [5.41, 5.74) is 6.96. The van der Waals surface area contributed by atoms with Crippen LogP contribution in [0.25, 0.3) is 0 Å². The summed E-state index contributed by atoms with van der Waals surface area (Å²) >= 11 is 0. The Morgan fingerprint density at radius 1 is 0.833 bits per heavy atom. The Labute approximate surface area is 142 Å². The van der Waals surface area contributed by atoms with Crippen LogP contribution < -0.4 is 20.5 Å². The Kier molecular flexibility index (Phi) is 7.73. The number of nitrogens with zero attached hydrogens (tertiary/aromatic N) is 2. The van der Waals surface area contributed by atoms with Gasteiger partial charge in [-0.3, -0.25) is 0 Å². The molecule has 0 saturated heterocycles. The van der Waals surface area contributed by atoms with Crippen LogP contribution >= 0.6 is 0 Å². The topological polar surface area (TPSA) is 81.2 Å². The highest BCUT2D eigenvalue weighted by Gasteiger charge is 1.96. The third-order valence-electron chi connectivity index (χ3n) is 3.13. The van der Waals surface area contributed by atoms with Gasteiger partial charge in [0.15, 0.2) is 0 Å². The zero-order chi connectivity index (χ0) is 17.0. The minimum Gasteiger partial charge on any atom is -0.494 e. The number of hydrogen-bond donors (Lipinski definition) is 2. The van der Waals surface area contributed by atoms with Crippen molar-refractivity contribution in [2.24, 2.45) is 16.0 Å².